The first-order chi connectivity index (χ1) is 12.5. The van der Waals surface area contributed by atoms with Gasteiger partial charge in [-0.1, -0.05) is 6.92 Å². The second-order valence-electron chi connectivity index (χ2n) is 6.82. The van der Waals surface area contributed by atoms with Crippen LogP contribution in [0.4, 0.5) is 0 Å². The molecule has 2 aliphatic heterocycles. The van der Waals surface area contributed by atoms with Crippen LogP contribution in [0.3, 0.4) is 0 Å². The molecule has 2 N–H and O–H groups in total. The van der Waals surface area contributed by atoms with Gasteiger partial charge in [0.15, 0.2) is 0 Å². The molecule has 2 saturated heterocycles. The molecule has 7 nitrogen and oxygen atoms in total. The lowest BCUT2D eigenvalue weighted by Gasteiger charge is -2.27. The van der Waals surface area contributed by atoms with Crippen molar-refractivity contribution in [1.82, 2.24) is 14.9 Å². The lowest BCUT2D eigenvalue weighted by Crippen LogP contribution is -2.42. The Kier molecular flexibility index (Phi) is 7.50. The second-order valence-corrected chi connectivity index (χ2v) is 8.66. The third kappa shape index (κ3) is 4.56. The molecule has 2 heterocycles. The minimum absolute atomic E-state index is 0. The molecule has 1 aromatic rings. The van der Waals surface area contributed by atoms with Crippen molar-refractivity contribution in [3.63, 3.8) is 0 Å². The first-order valence-electron chi connectivity index (χ1n) is 9.15. The Bertz CT molecular complexity index is 758. The topological polar surface area (TPSA) is 87.7 Å². The standard InChI is InChI=1S/C18H27N3O4S.ClH/c1-3-18(22)20-11-13-10-16(6-7-17(13)25-2)26(23,24)21-14-4-5-15(21)12-19-9-8-14;/h6-7,10,14-15,19H,3-5,8-9,11-12H2,1-2H3,(H,20,22);1H. The number of carbonyl (C=O) groups excluding carboxylic acids is 1. The number of amides is 1. The summed E-state index contributed by atoms with van der Waals surface area (Å²) in [6, 6.07) is 4.96. The molecular weight excluding hydrogens is 390 g/mol. The Morgan fingerprint density at radius 3 is 2.74 bits per heavy atom. The van der Waals surface area contributed by atoms with Crippen LogP contribution in [0.5, 0.6) is 5.75 Å². The third-order valence-electron chi connectivity index (χ3n) is 5.21. The van der Waals surface area contributed by atoms with Crippen LogP contribution in [0.1, 0.15) is 38.2 Å². The van der Waals surface area contributed by atoms with E-state index in [1.807, 2.05) is 0 Å². The van der Waals surface area contributed by atoms with Crippen molar-refractivity contribution in [2.24, 2.45) is 0 Å². The molecule has 0 aromatic heterocycles. The summed E-state index contributed by atoms with van der Waals surface area (Å²) in [7, 11) is -2.05. The average Bonchev–Trinajstić information content (AvgIpc) is 2.92. The molecule has 0 spiro atoms. The molecule has 2 bridgehead atoms. The van der Waals surface area contributed by atoms with Crippen molar-refractivity contribution >= 4 is 28.3 Å². The van der Waals surface area contributed by atoms with Gasteiger partial charge in [-0.25, -0.2) is 8.42 Å². The van der Waals surface area contributed by atoms with Crippen molar-refractivity contribution in [1.29, 1.82) is 0 Å². The smallest absolute Gasteiger partial charge is 0.243 e. The molecule has 0 aliphatic carbocycles. The number of hydrogen-bond acceptors (Lipinski definition) is 5. The van der Waals surface area contributed by atoms with Crippen molar-refractivity contribution < 1.29 is 17.9 Å². The number of nitrogens with one attached hydrogen (secondary N) is 2. The highest BCUT2D eigenvalue weighted by atomic mass is 35.5. The van der Waals surface area contributed by atoms with Gasteiger partial charge in [-0.3, -0.25) is 4.79 Å². The Morgan fingerprint density at radius 1 is 1.30 bits per heavy atom. The summed E-state index contributed by atoms with van der Waals surface area (Å²) in [4.78, 5) is 11.8. The Balaban J connectivity index is 0.00000261. The van der Waals surface area contributed by atoms with Gasteiger partial charge in [-0.2, -0.15) is 4.31 Å². The number of rotatable bonds is 6. The summed E-state index contributed by atoms with van der Waals surface area (Å²) in [6.07, 6.45) is 3.03. The number of fused-ring (bicyclic) bond motifs is 2. The van der Waals surface area contributed by atoms with E-state index in [1.165, 1.54) is 7.11 Å². The highest BCUT2D eigenvalue weighted by molar-refractivity contribution is 7.89. The largest absolute Gasteiger partial charge is 0.496 e. The fourth-order valence-corrected chi connectivity index (χ4v) is 5.78. The molecule has 1 aromatic carbocycles. The van der Waals surface area contributed by atoms with E-state index in [1.54, 1.807) is 29.4 Å². The molecule has 2 unspecified atom stereocenters. The number of carbonyl (C=O) groups is 1. The van der Waals surface area contributed by atoms with Gasteiger partial charge < -0.3 is 15.4 Å². The lowest BCUT2D eigenvalue weighted by molar-refractivity contribution is -0.120. The highest BCUT2D eigenvalue weighted by Gasteiger charge is 2.43. The molecule has 2 aliphatic rings. The maximum atomic E-state index is 13.3. The first-order valence-corrected chi connectivity index (χ1v) is 10.6. The molecule has 0 radical (unpaired) electrons. The summed E-state index contributed by atoms with van der Waals surface area (Å²) >= 11 is 0. The van der Waals surface area contributed by atoms with Gasteiger partial charge >= 0.3 is 0 Å². The Labute approximate surface area is 167 Å². The maximum Gasteiger partial charge on any atom is 0.243 e. The van der Waals surface area contributed by atoms with E-state index in [4.69, 9.17) is 4.74 Å². The average molecular weight is 418 g/mol. The van der Waals surface area contributed by atoms with E-state index >= 15 is 0 Å². The number of nitrogens with zero attached hydrogens (tertiary/aromatic N) is 1. The van der Waals surface area contributed by atoms with E-state index in [-0.39, 0.29) is 41.8 Å². The van der Waals surface area contributed by atoms with Crippen molar-refractivity contribution in [3.05, 3.63) is 23.8 Å². The second kappa shape index (κ2) is 9.23. The molecule has 1 amide bonds. The molecule has 9 heteroatoms. The van der Waals surface area contributed by atoms with E-state index in [9.17, 15) is 13.2 Å². The Hall–Kier alpha value is -1.35. The summed E-state index contributed by atoms with van der Waals surface area (Å²) in [6.45, 7) is 3.57. The van der Waals surface area contributed by atoms with Gasteiger partial charge in [0.2, 0.25) is 15.9 Å². The van der Waals surface area contributed by atoms with Crippen LogP contribution in [-0.2, 0) is 21.4 Å². The number of hydrogen-bond donors (Lipinski definition) is 2. The zero-order valence-corrected chi connectivity index (χ0v) is 17.4. The van der Waals surface area contributed by atoms with Crippen LogP contribution in [0.25, 0.3) is 0 Å². The van der Waals surface area contributed by atoms with Crippen molar-refractivity contribution in [2.75, 3.05) is 20.2 Å². The van der Waals surface area contributed by atoms with Gasteiger partial charge in [0.05, 0.1) is 12.0 Å². The zero-order valence-electron chi connectivity index (χ0n) is 15.7. The van der Waals surface area contributed by atoms with Crippen LogP contribution in [-0.4, -0.2) is 50.9 Å². The number of ether oxygens (including phenoxy) is 1. The van der Waals surface area contributed by atoms with Crippen LogP contribution in [0.15, 0.2) is 23.1 Å². The number of benzene rings is 1. The van der Waals surface area contributed by atoms with Crippen LogP contribution >= 0.6 is 12.4 Å². The monoisotopic (exact) mass is 417 g/mol. The van der Waals surface area contributed by atoms with Crippen molar-refractivity contribution in [3.8, 4) is 5.75 Å². The SMILES string of the molecule is CCC(=O)NCc1cc(S(=O)(=O)N2C3CCNCC2CC3)ccc1OC.Cl. The predicted octanol–water partition coefficient (Wildman–Crippen LogP) is 1.66. The van der Waals surface area contributed by atoms with E-state index < -0.39 is 10.0 Å². The predicted molar refractivity (Wildman–Crippen MR) is 106 cm³/mol. The molecule has 2 atom stereocenters. The normalized spacial score (nSPS) is 22.6. The molecule has 27 heavy (non-hydrogen) atoms. The van der Waals surface area contributed by atoms with Crippen LogP contribution < -0.4 is 15.4 Å². The summed E-state index contributed by atoms with van der Waals surface area (Å²) in [5.74, 6) is 0.484. The van der Waals surface area contributed by atoms with E-state index in [0.717, 1.165) is 25.8 Å². The fourth-order valence-electron chi connectivity index (χ4n) is 3.82. The van der Waals surface area contributed by atoms with Gasteiger partial charge in [0, 0.05) is 37.2 Å². The molecule has 2 fully saturated rings. The molecule has 3 rings (SSSR count). The van der Waals surface area contributed by atoms with Crippen LogP contribution in [0.2, 0.25) is 0 Å². The van der Waals surface area contributed by atoms with Gasteiger partial charge in [0.25, 0.3) is 0 Å². The lowest BCUT2D eigenvalue weighted by atomic mass is 10.1. The highest BCUT2D eigenvalue weighted by Crippen LogP contribution is 2.34. The summed E-state index contributed by atoms with van der Waals surface area (Å²) in [5, 5.41) is 6.11. The van der Waals surface area contributed by atoms with E-state index in [0.29, 0.717) is 24.3 Å². The zero-order chi connectivity index (χ0) is 18.7. The van der Waals surface area contributed by atoms with Gasteiger partial charge in [-0.15, -0.1) is 12.4 Å². The number of methoxy groups -OCH3 is 1. The molecule has 152 valence electrons. The van der Waals surface area contributed by atoms with Crippen molar-refractivity contribution in [2.45, 2.75) is 56.1 Å². The number of halogens is 1. The maximum absolute atomic E-state index is 13.3. The van der Waals surface area contributed by atoms with Crippen LogP contribution in [0, 0.1) is 0 Å². The first kappa shape index (κ1) is 21.9. The summed E-state index contributed by atoms with van der Waals surface area (Å²) < 4.78 is 33.7. The molecular formula is C18H28ClN3O4S. The third-order valence-corrected chi connectivity index (χ3v) is 7.21. The van der Waals surface area contributed by atoms with Gasteiger partial charge in [-0.05, 0) is 44.0 Å². The summed E-state index contributed by atoms with van der Waals surface area (Å²) in [5.41, 5.74) is 0.663. The number of sulfonamides is 1. The fraction of sp³-hybridized carbons (Fsp3) is 0.611. The quantitative estimate of drug-likeness (QED) is 0.734. The van der Waals surface area contributed by atoms with E-state index in [2.05, 4.69) is 10.6 Å². The Morgan fingerprint density at radius 2 is 2.04 bits per heavy atom. The molecule has 0 saturated carbocycles. The van der Waals surface area contributed by atoms with Gasteiger partial charge in [0.1, 0.15) is 5.75 Å². The minimum Gasteiger partial charge on any atom is -0.496 e. The minimum atomic E-state index is -3.59.